The number of carbonyl (C=O) groups is 1. The first-order valence-electron chi connectivity index (χ1n) is 8.97. The molecule has 0 unspecified atom stereocenters. The van der Waals surface area contributed by atoms with Crippen molar-refractivity contribution in [3.8, 4) is 11.4 Å². The summed E-state index contributed by atoms with van der Waals surface area (Å²) in [5.41, 5.74) is 1.81. The highest BCUT2D eigenvalue weighted by molar-refractivity contribution is 7.99. The van der Waals surface area contributed by atoms with Crippen molar-refractivity contribution in [1.29, 1.82) is 0 Å². The number of para-hydroxylation sites is 1. The summed E-state index contributed by atoms with van der Waals surface area (Å²) in [6, 6.07) is 19.4. The molecule has 0 saturated heterocycles. The molecule has 142 valence electrons. The maximum Gasteiger partial charge on any atom is 0.231 e. The number of hydrogen-bond donors (Lipinski definition) is 1. The summed E-state index contributed by atoms with van der Waals surface area (Å²) < 4.78 is 7.72. The van der Waals surface area contributed by atoms with Gasteiger partial charge in [0.15, 0.2) is 11.0 Å². The molecule has 0 saturated carbocycles. The Morgan fingerprint density at radius 2 is 1.89 bits per heavy atom. The van der Waals surface area contributed by atoms with E-state index in [1.165, 1.54) is 11.8 Å². The van der Waals surface area contributed by atoms with Crippen LogP contribution in [0.1, 0.15) is 18.7 Å². The van der Waals surface area contributed by atoms with Gasteiger partial charge in [0, 0.05) is 18.0 Å². The van der Waals surface area contributed by atoms with E-state index in [-0.39, 0.29) is 17.7 Å². The Labute approximate surface area is 167 Å². The first-order chi connectivity index (χ1) is 13.6. The molecule has 0 fully saturated rings. The second kappa shape index (κ2) is 7.90. The van der Waals surface area contributed by atoms with E-state index in [9.17, 15) is 4.79 Å². The summed E-state index contributed by atoms with van der Waals surface area (Å²) in [6.45, 7) is 1.91. The zero-order chi connectivity index (χ0) is 19.5. The second-order valence-corrected chi connectivity index (χ2v) is 7.44. The van der Waals surface area contributed by atoms with Gasteiger partial charge in [0.05, 0.1) is 11.8 Å². The fourth-order valence-electron chi connectivity index (χ4n) is 2.98. The van der Waals surface area contributed by atoms with Crippen molar-refractivity contribution in [2.24, 2.45) is 7.05 Å². The lowest BCUT2D eigenvalue weighted by molar-refractivity contribution is -0.119. The molecule has 1 amide bonds. The van der Waals surface area contributed by atoms with Crippen molar-refractivity contribution in [2.75, 3.05) is 5.75 Å². The molecule has 0 spiro atoms. The van der Waals surface area contributed by atoms with Gasteiger partial charge >= 0.3 is 0 Å². The van der Waals surface area contributed by atoms with Crippen molar-refractivity contribution in [2.45, 2.75) is 18.1 Å². The van der Waals surface area contributed by atoms with E-state index in [2.05, 4.69) is 15.5 Å². The number of carbonyl (C=O) groups excluding carboxylic acids is 1. The molecule has 1 atom stereocenters. The van der Waals surface area contributed by atoms with E-state index in [0.29, 0.717) is 5.16 Å². The van der Waals surface area contributed by atoms with Crippen LogP contribution >= 0.6 is 11.8 Å². The molecule has 2 heterocycles. The molecule has 6 nitrogen and oxygen atoms in total. The van der Waals surface area contributed by atoms with Crippen molar-refractivity contribution < 1.29 is 9.21 Å². The number of nitrogens with zero attached hydrogens (tertiary/aromatic N) is 3. The van der Waals surface area contributed by atoms with Gasteiger partial charge in [-0.2, -0.15) is 0 Å². The van der Waals surface area contributed by atoms with Crippen LogP contribution in [-0.2, 0) is 11.8 Å². The third kappa shape index (κ3) is 3.80. The molecule has 0 aliphatic carbocycles. The quantitative estimate of drug-likeness (QED) is 0.498. The highest BCUT2D eigenvalue weighted by Gasteiger charge is 2.16. The molecule has 2 aromatic carbocycles. The molecular weight excluding hydrogens is 372 g/mol. The Morgan fingerprint density at radius 3 is 2.68 bits per heavy atom. The lowest BCUT2D eigenvalue weighted by Crippen LogP contribution is -2.28. The van der Waals surface area contributed by atoms with E-state index < -0.39 is 0 Å². The summed E-state index contributed by atoms with van der Waals surface area (Å²) in [4.78, 5) is 12.4. The molecule has 2 aromatic heterocycles. The SMILES string of the molecule is C[C@@H](NC(=O)CSc1nnc(-c2ccccc2)n1C)c1cc2ccccc2o1. The van der Waals surface area contributed by atoms with Gasteiger partial charge in [0.1, 0.15) is 11.3 Å². The van der Waals surface area contributed by atoms with Gasteiger partial charge in [-0.25, -0.2) is 0 Å². The number of aromatic nitrogens is 3. The normalized spacial score (nSPS) is 12.2. The highest BCUT2D eigenvalue weighted by Crippen LogP contribution is 2.25. The first-order valence-corrected chi connectivity index (χ1v) is 9.96. The number of hydrogen-bond acceptors (Lipinski definition) is 5. The van der Waals surface area contributed by atoms with Gasteiger partial charge in [0.2, 0.25) is 5.91 Å². The fourth-order valence-corrected chi connectivity index (χ4v) is 3.70. The van der Waals surface area contributed by atoms with Crippen molar-refractivity contribution in [3.63, 3.8) is 0 Å². The first kappa shape index (κ1) is 18.3. The van der Waals surface area contributed by atoms with E-state index in [4.69, 9.17) is 4.42 Å². The smallest absolute Gasteiger partial charge is 0.231 e. The molecule has 0 aliphatic rings. The number of furan rings is 1. The summed E-state index contributed by atoms with van der Waals surface area (Å²) in [5.74, 6) is 1.69. The largest absolute Gasteiger partial charge is 0.459 e. The molecule has 0 bridgehead atoms. The molecule has 0 radical (unpaired) electrons. The molecule has 28 heavy (non-hydrogen) atoms. The zero-order valence-corrected chi connectivity index (χ0v) is 16.4. The van der Waals surface area contributed by atoms with Gasteiger partial charge < -0.3 is 14.3 Å². The highest BCUT2D eigenvalue weighted by atomic mass is 32.2. The van der Waals surface area contributed by atoms with Crippen LogP contribution in [-0.4, -0.2) is 26.4 Å². The van der Waals surface area contributed by atoms with Crippen LogP contribution in [0.4, 0.5) is 0 Å². The van der Waals surface area contributed by atoms with Gasteiger partial charge in [0.25, 0.3) is 0 Å². The Balaban J connectivity index is 1.37. The number of nitrogens with one attached hydrogen (secondary N) is 1. The molecule has 4 rings (SSSR count). The van der Waals surface area contributed by atoms with Crippen LogP contribution in [0, 0.1) is 0 Å². The molecule has 0 aliphatic heterocycles. The van der Waals surface area contributed by atoms with Crippen molar-refractivity contribution in [1.82, 2.24) is 20.1 Å². The van der Waals surface area contributed by atoms with Crippen LogP contribution in [0.5, 0.6) is 0 Å². The molecular formula is C21H20N4O2S. The van der Waals surface area contributed by atoms with E-state index in [1.54, 1.807) is 0 Å². The summed E-state index contributed by atoms with van der Waals surface area (Å²) >= 11 is 1.36. The maximum atomic E-state index is 12.4. The molecule has 7 heteroatoms. The number of rotatable bonds is 6. The average molecular weight is 392 g/mol. The number of fused-ring (bicyclic) bond motifs is 1. The van der Waals surface area contributed by atoms with Crippen molar-refractivity contribution in [3.05, 3.63) is 66.4 Å². The van der Waals surface area contributed by atoms with Crippen LogP contribution in [0.25, 0.3) is 22.4 Å². The zero-order valence-electron chi connectivity index (χ0n) is 15.6. The minimum Gasteiger partial charge on any atom is -0.459 e. The van der Waals surface area contributed by atoms with Crippen LogP contribution < -0.4 is 5.32 Å². The topological polar surface area (TPSA) is 73.0 Å². The number of thioether (sulfide) groups is 1. The maximum absolute atomic E-state index is 12.4. The van der Waals surface area contributed by atoms with Gasteiger partial charge in [-0.1, -0.05) is 60.3 Å². The van der Waals surface area contributed by atoms with Crippen molar-refractivity contribution >= 4 is 28.6 Å². The molecule has 4 aromatic rings. The fraction of sp³-hybridized carbons (Fsp3) is 0.190. The summed E-state index contributed by atoms with van der Waals surface area (Å²) in [5, 5.41) is 13.2. The lowest BCUT2D eigenvalue weighted by atomic mass is 10.2. The number of benzene rings is 2. The van der Waals surface area contributed by atoms with Crippen LogP contribution in [0.3, 0.4) is 0 Å². The minimum absolute atomic E-state index is 0.0813. The predicted molar refractivity (Wildman–Crippen MR) is 110 cm³/mol. The Kier molecular flexibility index (Phi) is 5.16. The predicted octanol–water partition coefficient (Wildman–Crippen LogP) is 4.20. The summed E-state index contributed by atoms with van der Waals surface area (Å²) in [6.07, 6.45) is 0. The third-order valence-electron chi connectivity index (χ3n) is 4.45. The van der Waals surface area contributed by atoms with E-state index >= 15 is 0 Å². The lowest BCUT2D eigenvalue weighted by Gasteiger charge is -2.11. The summed E-state index contributed by atoms with van der Waals surface area (Å²) in [7, 11) is 1.90. The van der Waals surface area contributed by atoms with Gasteiger partial charge in [-0.3, -0.25) is 4.79 Å². The Hall–Kier alpha value is -3.06. The van der Waals surface area contributed by atoms with E-state index in [0.717, 1.165) is 28.1 Å². The second-order valence-electron chi connectivity index (χ2n) is 6.50. The van der Waals surface area contributed by atoms with Crippen LogP contribution in [0.15, 0.2) is 70.2 Å². The van der Waals surface area contributed by atoms with E-state index in [1.807, 2.05) is 79.2 Å². The van der Waals surface area contributed by atoms with Crippen LogP contribution in [0.2, 0.25) is 0 Å². The minimum atomic E-state index is -0.208. The monoisotopic (exact) mass is 392 g/mol. The number of amides is 1. The molecule has 1 N–H and O–H groups in total. The third-order valence-corrected chi connectivity index (χ3v) is 5.47. The van der Waals surface area contributed by atoms with Gasteiger partial charge in [-0.05, 0) is 19.1 Å². The average Bonchev–Trinajstić information content (AvgIpc) is 3.30. The van der Waals surface area contributed by atoms with Gasteiger partial charge in [-0.15, -0.1) is 10.2 Å². The standard InChI is InChI=1S/C21H20N4O2S/c1-14(18-12-16-10-6-7-11-17(16)27-18)22-19(26)13-28-21-24-23-20(25(21)2)15-8-4-3-5-9-15/h3-12,14H,13H2,1-2H3,(H,22,26)/t14-/m1/s1. The Bertz CT molecular complexity index is 1070. The Morgan fingerprint density at radius 1 is 1.14 bits per heavy atom.